The molecule has 78 valence electrons. The molecule has 1 fully saturated rings. The molecule has 0 aliphatic heterocycles. The van der Waals surface area contributed by atoms with E-state index in [2.05, 4.69) is 29.4 Å². The maximum absolute atomic E-state index is 6.09. The molecule has 0 saturated heterocycles. The Labute approximate surface area is 88.9 Å². The minimum absolute atomic E-state index is 0.214. The molecule has 2 atom stereocenters. The highest BCUT2D eigenvalue weighted by atomic mass is 15.0. The van der Waals surface area contributed by atoms with E-state index in [0.29, 0.717) is 5.92 Å². The highest BCUT2D eigenvalue weighted by molar-refractivity contribution is 5.43. The Balaban J connectivity index is 2.14. The Morgan fingerprint density at radius 3 is 2.80 bits per heavy atom. The number of aromatic nitrogens is 2. The topological polar surface area (TPSA) is 43.3 Å². The van der Waals surface area contributed by atoms with Gasteiger partial charge in [-0.05, 0) is 17.5 Å². The van der Waals surface area contributed by atoms with Crippen molar-refractivity contribution in [3.8, 4) is 0 Å². The van der Waals surface area contributed by atoms with Gasteiger partial charge in [-0.25, -0.2) is 4.98 Å². The lowest BCUT2D eigenvalue weighted by molar-refractivity contribution is 0.594. The van der Waals surface area contributed by atoms with Crippen LogP contribution in [0, 0.1) is 5.41 Å². The largest absolute Gasteiger partial charge is 0.327 e. The Morgan fingerprint density at radius 1 is 1.40 bits per heavy atom. The van der Waals surface area contributed by atoms with Crippen molar-refractivity contribution in [1.82, 2.24) is 9.38 Å². The number of pyridine rings is 1. The second kappa shape index (κ2) is 2.61. The predicted octanol–water partition coefficient (Wildman–Crippen LogP) is 1.78. The highest BCUT2D eigenvalue weighted by Crippen LogP contribution is 2.57. The van der Waals surface area contributed by atoms with Gasteiger partial charge in [-0.2, -0.15) is 0 Å². The summed E-state index contributed by atoms with van der Waals surface area (Å²) in [6, 6.07) is 6.31. The summed E-state index contributed by atoms with van der Waals surface area (Å²) in [6.07, 6.45) is 4.01. The van der Waals surface area contributed by atoms with E-state index in [1.54, 1.807) is 0 Å². The third kappa shape index (κ3) is 1.07. The van der Waals surface area contributed by atoms with Crippen LogP contribution in [0.15, 0.2) is 30.6 Å². The summed E-state index contributed by atoms with van der Waals surface area (Å²) >= 11 is 0. The smallest absolute Gasteiger partial charge is 0.136 e. The minimum Gasteiger partial charge on any atom is -0.327 e. The summed E-state index contributed by atoms with van der Waals surface area (Å²) in [7, 11) is 0. The number of nitrogens with two attached hydrogens (primary N) is 1. The van der Waals surface area contributed by atoms with Crippen LogP contribution in [0.3, 0.4) is 0 Å². The van der Waals surface area contributed by atoms with Gasteiger partial charge in [0, 0.05) is 30.0 Å². The summed E-state index contributed by atoms with van der Waals surface area (Å²) in [5, 5.41) is 0. The molecule has 2 heterocycles. The van der Waals surface area contributed by atoms with Crippen LogP contribution in [0.4, 0.5) is 0 Å². The van der Waals surface area contributed by atoms with E-state index in [9.17, 15) is 0 Å². The fourth-order valence-electron chi connectivity index (χ4n) is 2.42. The Bertz CT molecular complexity index is 512. The molecule has 15 heavy (non-hydrogen) atoms. The molecule has 1 saturated carbocycles. The van der Waals surface area contributed by atoms with Crippen molar-refractivity contribution in [3.63, 3.8) is 0 Å². The Hall–Kier alpha value is -1.35. The van der Waals surface area contributed by atoms with Crippen molar-refractivity contribution in [1.29, 1.82) is 0 Å². The first-order valence-corrected chi connectivity index (χ1v) is 5.30. The normalized spacial score (nSPS) is 28.2. The molecule has 3 rings (SSSR count). The monoisotopic (exact) mass is 201 g/mol. The molecule has 1 aliphatic rings. The molecule has 3 nitrogen and oxygen atoms in total. The van der Waals surface area contributed by atoms with Crippen LogP contribution in [0.25, 0.3) is 5.65 Å². The number of imidazole rings is 1. The maximum atomic E-state index is 6.09. The van der Waals surface area contributed by atoms with E-state index in [1.807, 2.05) is 24.4 Å². The third-order valence-electron chi connectivity index (χ3n) is 3.67. The van der Waals surface area contributed by atoms with Gasteiger partial charge in [0.25, 0.3) is 0 Å². The summed E-state index contributed by atoms with van der Waals surface area (Å²) < 4.78 is 2.14. The van der Waals surface area contributed by atoms with E-state index >= 15 is 0 Å². The first kappa shape index (κ1) is 8.92. The number of hydrogen-bond donors (Lipinski definition) is 1. The van der Waals surface area contributed by atoms with Crippen LogP contribution < -0.4 is 5.73 Å². The first-order chi connectivity index (χ1) is 7.12. The summed E-state index contributed by atoms with van der Waals surface area (Å²) in [4.78, 5) is 4.39. The molecule has 0 spiro atoms. The molecular weight excluding hydrogens is 186 g/mol. The SMILES string of the molecule is CC1(C)C(N)C1c1cnc2ccccn12. The van der Waals surface area contributed by atoms with Gasteiger partial charge in [0.05, 0.1) is 0 Å². The Morgan fingerprint density at radius 2 is 2.13 bits per heavy atom. The zero-order valence-electron chi connectivity index (χ0n) is 9.01. The highest BCUT2D eigenvalue weighted by Gasteiger charge is 2.57. The Kier molecular flexibility index (Phi) is 1.55. The standard InChI is InChI=1S/C12H15N3/c1-12(2)10(11(12)13)8-7-14-9-5-3-4-6-15(8)9/h3-7,10-11H,13H2,1-2H3. The molecule has 2 aromatic rings. The average molecular weight is 201 g/mol. The summed E-state index contributed by atoms with van der Waals surface area (Å²) in [5.41, 5.74) is 8.54. The maximum Gasteiger partial charge on any atom is 0.136 e. The number of rotatable bonds is 1. The fourth-order valence-corrected chi connectivity index (χ4v) is 2.42. The van der Waals surface area contributed by atoms with Crippen LogP contribution in [-0.4, -0.2) is 15.4 Å². The van der Waals surface area contributed by atoms with Gasteiger partial charge in [-0.1, -0.05) is 19.9 Å². The van der Waals surface area contributed by atoms with Crippen molar-refractivity contribution in [3.05, 3.63) is 36.3 Å². The van der Waals surface area contributed by atoms with Gasteiger partial charge in [-0.3, -0.25) is 0 Å². The quantitative estimate of drug-likeness (QED) is 0.764. The van der Waals surface area contributed by atoms with E-state index in [-0.39, 0.29) is 11.5 Å². The molecule has 2 N–H and O–H groups in total. The van der Waals surface area contributed by atoms with Crippen molar-refractivity contribution < 1.29 is 0 Å². The van der Waals surface area contributed by atoms with Crippen LogP contribution in [-0.2, 0) is 0 Å². The summed E-state index contributed by atoms with van der Waals surface area (Å²) in [5.74, 6) is 0.440. The number of nitrogens with zero attached hydrogens (tertiary/aromatic N) is 2. The number of hydrogen-bond acceptors (Lipinski definition) is 2. The van der Waals surface area contributed by atoms with Crippen LogP contribution in [0.1, 0.15) is 25.5 Å². The van der Waals surface area contributed by atoms with Gasteiger partial charge in [0.1, 0.15) is 5.65 Å². The van der Waals surface area contributed by atoms with Crippen molar-refractivity contribution in [2.45, 2.75) is 25.8 Å². The van der Waals surface area contributed by atoms with Crippen LogP contribution in [0.5, 0.6) is 0 Å². The molecule has 2 aromatic heterocycles. The lowest BCUT2D eigenvalue weighted by Crippen LogP contribution is -2.06. The van der Waals surface area contributed by atoms with E-state index in [1.165, 1.54) is 5.69 Å². The molecule has 0 bridgehead atoms. The zero-order valence-corrected chi connectivity index (χ0v) is 9.01. The lowest BCUT2D eigenvalue weighted by Gasteiger charge is -2.02. The average Bonchev–Trinajstić information content (AvgIpc) is 2.63. The molecule has 1 aliphatic carbocycles. The van der Waals surface area contributed by atoms with Gasteiger partial charge < -0.3 is 10.1 Å². The summed E-state index contributed by atoms with van der Waals surface area (Å²) in [6.45, 7) is 4.43. The molecule has 2 unspecified atom stereocenters. The third-order valence-corrected chi connectivity index (χ3v) is 3.67. The predicted molar refractivity (Wildman–Crippen MR) is 59.7 cm³/mol. The molecule has 3 heteroatoms. The fraction of sp³-hybridized carbons (Fsp3) is 0.417. The molecule has 0 aromatic carbocycles. The van der Waals surface area contributed by atoms with Gasteiger partial charge in [0.2, 0.25) is 0 Å². The van der Waals surface area contributed by atoms with E-state index in [0.717, 1.165) is 5.65 Å². The van der Waals surface area contributed by atoms with Crippen LogP contribution >= 0.6 is 0 Å². The van der Waals surface area contributed by atoms with Crippen molar-refractivity contribution >= 4 is 5.65 Å². The van der Waals surface area contributed by atoms with E-state index in [4.69, 9.17) is 5.73 Å². The van der Waals surface area contributed by atoms with Gasteiger partial charge >= 0.3 is 0 Å². The first-order valence-electron chi connectivity index (χ1n) is 5.30. The second-order valence-corrected chi connectivity index (χ2v) is 4.94. The zero-order chi connectivity index (χ0) is 10.6. The lowest BCUT2D eigenvalue weighted by atomic mass is 10.1. The molecular formula is C12H15N3. The molecule has 0 amide bonds. The van der Waals surface area contributed by atoms with Crippen molar-refractivity contribution in [2.75, 3.05) is 0 Å². The van der Waals surface area contributed by atoms with Gasteiger partial charge in [-0.15, -0.1) is 0 Å². The van der Waals surface area contributed by atoms with Gasteiger partial charge in [0.15, 0.2) is 0 Å². The molecule has 0 radical (unpaired) electrons. The minimum atomic E-state index is 0.214. The van der Waals surface area contributed by atoms with E-state index < -0.39 is 0 Å². The van der Waals surface area contributed by atoms with Crippen molar-refractivity contribution in [2.24, 2.45) is 11.1 Å². The van der Waals surface area contributed by atoms with Crippen LogP contribution in [0.2, 0.25) is 0 Å². The second-order valence-electron chi connectivity index (χ2n) is 4.94. The number of fused-ring (bicyclic) bond motifs is 1.